The standard InChI is InChI=1S/C11H14BrNO/c12-10-4-2-1-3-9(10)11(7-13)5-6-14-8-11/h1-4H,5-8,13H2. The highest BCUT2D eigenvalue weighted by Crippen LogP contribution is 2.36. The van der Waals surface area contributed by atoms with E-state index in [2.05, 4.69) is 34.1 Å². The Morgan fingerprint density at radius 3 is 2.79 bits per heavy atom. The minimum atomic E-state index is 0.0279. The molecule has 2 rings (SSSR count). The van der Waals surface area contributed by atoms with Crippen LogP contribution in [0.2, 0.25) is 0 Å². The van der Waals surface area contributed by atoms with Crippen molar-refractivity contribution in [2.24, 2.45) is 5.73 Å². The molecule has 3 heteroatoms. The Morgan fingerprint density at radius 2 is 2.21 bits per heavy atom. The second-order valence-corrected chi connectivity index (χ2v) is 4.62. The molecule has 1 unspecified atom stereocenters. The molecule has 1 aromatic carbocycles. The van der Waals surface area contributed by atoms with Crippen molar-refractivity contribution in [1.82, 2.24) is 0 Å². The average Bonchev–Trinajstić information content (AvgIpc) is 2.68. The van der Waals surface area contributed by atoms with Crippen LogP contribution in [0.3, 0.4) is 0 Å². The molecule has 0 saturated carbocycles. The van der Waals surface area contributed by atoms with Crippen LogP contribution in [0.1, 0.15) is 12.0 Å². The Kier molecular flexibility index (Phi) is 2.91. The highest BCUT2D eigenvalue weighted by Gasteiger charge is 2.36. The zero-order chi connectivity index (χ0) is 10.0. The van der Waals surface area contributed by atoms with Gasteiger partial charge in [0.2, 0.25) is 0 Å². The molecule has 1 aliphatic heterocycles. The highest BCUT2D eigenvalue weighted by atomic mass is 79.9. The maximum absolute atomic E-state index is 5.87. The summed E-state index contributed by atoms with van der Waals surface area (Å²) in [4.78, 5) is 0. The lowest BCUT2D eigenvalue weighted by Gasteiger charge is -2.27. The second-order valence-electron chi connectivity index (χ2n) is 3.77. The zero-order valence-corrected chi connectivity index (χ0v) is 9.59. The Balaban J connectivity index is 2.41. The molecule has 2 N–H and O–H groups in total. The fourth-order valence-corrected chi connectivity index (χ4v) is 2.69. The van der Waals surface area contributed by atoms with Crippen LogP contribution in [-0.4, -0.2) is 19.8 Å². The zero-order valence-electron chi connectivity index (χ0n) is 8.00. The van der Waals surface area contributed by atoms with E-state index in [1.54, 1.807) is 0 Å². The molecule has 0 spiro atoms. The van der Waals surface area contributed by atoms with Gasteiger partial charge in [-0.15, -0.1) is 0 Å². The van der Waals surface area contributed by atoms with E-state index in [1.165, 1.54) is 5.56 Å². The molecule has 0 aromatic heterocycles. The minimum Gasteiger partial charge on any atom is -0.380 e. The smallest absolute Gasteiger partial charge is 0.0576 e. The summed E-state index contributed by atoms with van der Waals surface area (Å²) in [5.41, 5.74) is 7.17. The molecule has 1 aliphatic rings. The summed E-state index contributed by atoms with van der Waals surface area (Å²) in [5.74, 6) is 0. The SMILES string of the molecule is NCC1(c2ccccc2Br)CCOC1. The molecule has 1 saturated heterocycles. The number of benzene rings is 1. The van der Waals surface area contributed by atoms with Crippen LogP contribution in [-0.2, 0) is 10.2 Å². The average molecular weight is 256 g/mol. The van der Waals surface area contributed by atoms with E-state index in [-0.39, 0.29) is 5.41 Å². The van der Waals surface area contributed by atoms with Crippen molar-refractivity contribution in [2.75, 3.05) is 19.8 Å². The summed E-state index contributed by atoms with van der Waals surface area (Å²) in [6.07, 6.45) is 1.02. The fourth-order valence-electron chi connectivity index (χ4n) is 1.98. The van der Waals surface area contributed by atoms with Gasteiger partial charge in [0.25, 0.3) is 0 Å². The monoisotopic (exact) mass is 255 g/mol. The van der Waals surface area contributed by atoms with E-state index < -0.39 is 0 Å². The summed E-state index contributed by atoms with van der Waals surface area (Å²) >= 11 is 3.57. The number of hydrogen-bond acceptors (Lipinski definition) is 2. The van der Waals surface area contributed by atoms with Crippen molar-refractivity contribution < 1.29 is 4.74 Å². The van der Waals surface area contributed by atoms with Crippen molar-refractivity contribution in [1.29, 1.82) is 0 Å². The number of nitrogens with two attached hydrogens (primary N) is 1. The van der Waals surface area contributed by atoms with Crippen molar-refractivity contribution in [3.8, 4) is 0 Å². The molecule has 1 fully saturated rings. The largest absolute Gasteiger partial charge is 0.380 e. The molecule has 0 radical (unpaired) electrons. The van der Waals surface area contributed by atoms with E-state index in [0.29, 0.717) is 6.54 Å². The topological polar surface area (TPSA) is 35.2 Å². The Labute approximate surface area is 92.6 Å². The van der Waals surface area contributed by atoms with Crippen LogP contribution in [0.4, 0.5) is 0 Å². The molecule has 76 valence electrons. The van der Waals surface area contributed by atoms with E-state index in [9.17, 15) is 0 Å². The lowest BCUT2D eigenvalue weighted by Crippen LogP contribution is -2.35. The maximum atomic E-state index is 5.87. The first-order chi connectivity index (χ1) is 6.78. The third-order valence-corrected chi connectivity index (χ3v) is 3.63. The second kappa shape index (κ2) is 4.01. The van der Waals surface area contributed by atoms with E-state index in [0.717, 1.165) is 24.1 Å². The van der Waals surface area contributed by atoms with Crippen LogP contribution < -0.4 is 5.73 Å². The van der Waals surface area contributed by atoms with Crippen LogP contribution in [0.25, 0.3) is 0 Å². The third-order valence-electron chi connectivity index (χ3n) is 2.94. The molecular formula is C11H14BrNO. The normalized spacial score (nSPS) is 26.7. The quantitative estimate of drug-likeness (QED) is 0.879. The molecule has 0 bridgehead atoms. The lowest BCUT2D eigenvalue weighted by atomic mass is 9.80. The fraction of sp³-hybridized carbons (Fsp3) is 0.455. The molecule has 14 heavy (non-hydrogen) atoms. The predicted octanol–water partition coefficient (Wildman–Crippen LogP) is 2.07. The van der Waals surface area contributed by atoms with Gasteiger partial charge in [-0.25, -0.2) is 0 Å². The minimum absolute atomic E-state index is 0.0279. The van der Waals surface area contributed by atoms with Gasteiger partial charge >= 0.3 is 0 Å². The number of ether oxygens (including phenoxy) is 1. The van der Waals surface area contributed by atoms with Crippen molar-refractivity contribution in [2.45, 2.75) is 11.8 Å². The van der Waals surface area contributed by atoms with E-state index >= 15 is 0 Å². The van der Waals surface area contributed by atoms with Crippen molar-refractivity contribution in [3.05, 3.63) is 34.3 Å². The third kappa shape index (κ3) is 1.60. The van der Waals surface area contributed by atoms with Gasteiger partial charge in [-0.3, -0.25) is 0 Å². The van der Waals surface area contributed by atoms with E-state index in [4.69, 9.17) is 10.5 Å². The van der Waals surface area contributed by atoms with E-state index in [1.807, 2.05) is 6.07 Å². The lowest BCUT2D eigenvalue weighted by molar-refractivity contribution is 0.178. The molecule has 1 heterocycles. The predicted molar refractivity (Wildman–Crippen MR) is 60.3 cm³/mol. The number of hydrogen-bond donors (Lipinski definition) is 1. The van der Waals surface area contributed by atoms with Gasteiger partial charge < -0.3 is 10.5 Å². The van der Waals surface area contributed by atoms with Crippen molar-refractivity contribution in [3.63, 3.8) is 0 Å². The molecule has 0 aliphatic carbocycles. The Bertz CT molecular complexity index is 321. The molecule has 1 aromatic rings. The Morgan fingerprint density at radius 1 is 1.43 bits per heavy atom. The maximum Gasteiger partial charge on any atom is 0.0576 e. The van der Waals surface area contributed by atoms with Gasteiger partial charge in [-0.2, -0.15) is 0 Å². The molecular weight excluding hydrogens is 242 g/mol. The van der Waals surface area contributed by atoms with Crippen molar-refractivity contribution >= 4 is 15.9 Å². The molecule has 0 amide bonds. The van der Waals surface area contributed by atoms with Crippen LogP contribution in [0.5, 0.6) is 0 Å². The highest BCUT2D eigenvalue weighted by molar-refractivity contribution is 9.10. The van der Waals surface area contributed by atoms with Gasteiger partial charge in [0, 0.05) is 23.0 Å². The molecule has 1 atom stereocenters. The molecule has 2 nitrogen and oxygen atoms in total. The summed E-state index contributed by atoms with van der Waals surface area (Å²) in [7, 11) is 0. The van der Waals surface area contributed by atoms with Gasteiger partial charge in [-0.05, 0) is 18.1 Å². The summed E-state index contributed by atoms with van der Waals surface area (Å²) < 4.78 is 6.60. The Hall–Kier alpha value is -0.380. The van der Waals surface area contributed by atoms with Crippen LogP contribution in [0, 0.1) is 0 Å². The van der Waals surface area contributed by atoms with Gasteiger partial charge in [0.15, 0.2) is 0 Å². The number of rotatable bonds is 2. The summed E-state index contributed by atoms with van der Waals surface area (Å²) in [6.45, 7) is 2.21. The van der Waals surface area contributed by atoms with Gasteiger partial charge in [0.05, 0.1) is 6.61 Å². The summed E-state index contributed by atoms with van der Waals surface area (Å²) in [5, 5.41) is 0. The first-order valence-electron chi connectivity index (χ1n) is 4.81. The van der Waals surface area contributed by atoms with Gasteiger partial charge in [-0.1, -0.05) is 34.1 Å². The first kappa shape index (κ1) is 10.1. The van der Waals surface area contributed by atoms with Crippen LogP contribution >= 0.6 is 15.9 Å². The van der Waals surface area contributed by atoms with Crippen LogP contribution in [0.15, 0.2) is 28.7 Å². The van der Waals surface area contributed by atoms with Gasteiger partial charge in [0.1, 0.15) is 0 Å². The summed E-state index contributed by atoms with van der Waals surface area (Å²) in [6, 6.07) is 8.26. The first-order valence-corrected chi connectivity index (χ1v) is 5.61. The number of halogens is 1.